The third kappa shape index (κ3) is 3.96. The second-order valence-electron chi connectivity index (χ2n) is 3.39. The van der Waals surface area contributed by atoms with Crippen molar-refractivity contribution in [3.8, 4) is 5.75 Å². The Hall–Kier alpha value is -2.08. The topological polar surface area (TPSA) is 78.7 Å². The zero-order valence-corrected chi connectivity index (χ0v) is 11.1. The summed E-state index contributed by atoms with van der Waals surface area (Å²) in [6.45, 7) is 1.62. The molecule has 0 atom stereocenters. The number of rotatable bonds is 5. The molecule has 0 aliphatic rings. The van der Waals surface area contributed by atoms with Gasteiger partial charge in [0.2, 0.25) is 0 Å². The molecule has 0 aliphatic carbocycles. The van der Waals surface area contributed by atoms with E-state index in [9.17, 15) is 14.9 Å². The minimum atomic E-state index is -1.00. The van der Waals surface area contributed by atoms with E-state index in [-0.39, 0.29) is 11.6 Å². The van der Waals surface area contributed by atoms with Crippen LogP contribution in [-0.4, -0.2) is 24.6 Å². The zero-order chi connectivity index (χ0) is 14.4. The predicted octanol–water partition coefficient (Wildman–Crippen LogP) is 2.53. The van der Waals surface area contributed by atoms with Gasteiger partial charge in [0.05, 0.1) is 23.7 Å². The summed E-state index contributed by atoms with van der Waals surface area (Å²) >= 11 is 5.94. The van der Waals surface area contributed by atoms with Gasteiger partial charge in [0.1, 0.15) is 5.75 Å². The lowest BCUT2D eigenvalue weighted by molar-refractivity contribution is -0.419. The third-order valence-electron chi connectivity index (χ3n) is 2.18. The molecule has 0 saturated carbocycles. The van der Waals surface area contributed by atoms with Gasteiger partial charge in [-0.2, -0.15) is 0 Å². The summed E-state index contributed by atoms with van der Waals surface area (Å²) in [6, 6.07) is 4.60. The summed E-state index contributed by atoms with van der Waals surface area (Å²) in [5, 5.41) is 11.1. The number of esters is 1. The normalized spacial score (nSPS) is 11.0. The van der Waals surface area contributed by atoms with Gasteiger partial charge >= 0.3 is 11.7 Å². The molecule has 7 heteroatoms. The second-order valence-corrected chi connectivity index (χ2v) is 3.80. The van der Waals surface area contributed by atoms with Crippen LogP contribution in [0.25, 0.3) is 6.08 Å². The van der Waals surface area contributed by atoms with E-state index in [1.54, 1.807) is 13.0 Å². The lowest BCUT2D eigenvalue weighted by atomic mass is 10.2. The van der Waals surface area contributed by atoms with Gasteiger partial charge in [-0.1, -0.05) is 11.6 Å². The minimum Gasteiger partial charge on any atom is -0.497 e. The van der Waals surface area contributed by atoms with Crippen LogP contribution in [0.1, 0.15) is 12.5 Å². The number of carbonyl (C=O) groups excluding carboxylic acids is 1. The average Bonchev–Trinajstić information content (AvgIpc) is 2.36. The number of methoxy groups -OCH3 is 1. The molecule has 19 heavy (non-hydrogen) atoms. The van der Waals surface area contributed by atoms with E-state index in [1.807, 2.05) is 0 Å². The van der Waals surface area contributed by atoms with Crippen LogP contribution in [0.3, 0.4) is 0 Å². The fourth-order valence-electron chi connectivity index (χ4n) is 1.29. The number of hydrogen-bond acceptors (Lipinski definition) is 5. The molecule has 1 aromatic rings. The highest BCUT2D eigenvalue weighted by molar-refractivity contribution is 6.32. The average molecular weight is 286 g/mol. The van der Waals surface area contributed by atoms with Gasteiger partial charge < -0.3 is 9.47 Å². The van der Waals surface area contributed by atoms with Gasteiger partial charge in [0, 0.05) is 11.6 Å². The Morgan fingerprint density at radius 1 is 1.53 bits per heavy atom. The van der Waals surface area contributed by atoms with Gasteiger partial charge in [-0.15, -0.1) is 0 Å². The molecule has 0 saturated heterocycles. The first-order valence-electron chi connectivity index (χ1n) is 5.36. The molecular weight excluding hydrogens is 274 g/mol. The van der Waals surface area contributed by atoms with Crippen molar-refractivity contribution in [2.45, 2.75) is 6.92 Å². The fourth-order valence-corrected chi connectivity index (χ4v) is 1.52. The number of nitro groups is 1. The molecule has 6 nitrogen and oxygen atoms in total. The smallest absolute Gasteiger partial charge is 0.409 e. The molecular formula is C12H12ClNO5. The molecule has 0 aromatic heterocycles. The van der Waals surface area contributed by atoms with Gasteiger partial charge in [-0.3, -0.25) is 10.1 Å². The van der Waals surface area contributed by atoms with E-state index in [2.05, 4.69) is 4.74 Å². The molecule has 0 fully saturated rings. The third-order valence-corrected chi connectivity index (χ3v) is 2.51. The van der Waals surface area contributed by atoms with Crippen molar-refractivity contribution in [3.63, 3.8) is 0 Å². The van der Waals surface area contributed by atoms with E-state index in [4.69, 9.17) is 16.3 Å². The highest BCUT2D eigenvalue weighted by atomic mass is 35.5. The maximum absolute atomic E-state index is 11.4. The summed E-state index contributed by atoms with van der Waals surface area (Å²) in [4.78, 5) is 21.4. The van der Waals surface area contributed by atoms with Crippen molar-refractivity contribution in [3.05, 3.63) is 44.6 Å². The Balaban J connectivity index is 3.15. The Morgan fingerprint density at radius 3 is 2.68 bits per heavy atom. The molecule has 0 N–H and O–H groups in total. The summed E-state index contributed by atoms with van der Waals surface area (Å²) in [5.41, 5.74) is -0.337. The summed E-state index contributed by atoms with van der Waals surface area (Å²) in [6.07, 6.45) is 1.07. The molecule has 0 radical (unpaired) electrons. The van der Waals surface area contributed by atoms with Gasteiger partial charge in [-0.25, -0.2) is 4.79 Å². The molecule has 0 bridgehead atoms. The second kappa shape index (κ2) is 6.75. The first kappa shape index (κ1) is 15.0. The van der Waals surface area contributed by atoms with Gasteiger partial charge in [0.25, 0.3) is 0 Å². The standard InChI is InChI=1S/C12H12ClNO5/c1-3-19-12(15)11(14(16)17)6-8-4-5-9(18-2)7-10(8)13/h4-7H,3H2,1-2H3/b11-6+. The SMILES string of the molecule is CCOC(=O)/C(=C\c1ccc(OC)cc1Cl)[N+](=O)[O-]. The minimum absolute atomic E-state index is 0.0559. The fraction of sp³-hybridized carbons (Fsp3) is 0.250. The zero-order valence-electron chi connectivity index (χ0n) is 10.4. The largest absolute Gasteiger partial charge is 0.497 e. The highest BCUT2D eigenvalue weighted by Crippen LogP contribution is 2.24. The van der Waals surface area contributed by atoms with Crippen molar-refractivity contribution < 1.29 is 19.2 Å². The Kier molecular flexibility index (Phi) is 5.32. The van der Waals surface area contributed by atoms with Crippen molar-refractivity contribution in [1.29, 1.82) is 0 Å². The van der Waals surface area contributed by atoms with E-state index < -0.39 is 16.6 Å². The van der Waals surface area contributed by atoms with Crippen LogP contribution in [0.5, 0.6) is 5.75 Å². The molecule has 0 spiro atoms. The quantitative estimate of drug-likeness (QED) is 0.359. The Labute approximate surface area is 114 Å². The van der Waals surface area contributed by atoms with E-state index in [0.29, 0.717) is 11.3 Å². The lowest BCUT2D eigenvalue weighted by Crippen LogP contribution is -2.14. The van der Waals surface area contributed by atoms with Gasteiger partial charge in [-0.05, 0) is 25.1 Å². The number of carbonyl (C=O) groups is 1. The molecule has 0 amide bonds. The van der Waals surface area contributed by atoms with Crippen molar-refractivity contribution >= 4 is 23.6 Å². The van der Waals surface area contributed by atoms with E-state index in [1.165, 1.54) is 19.2 Å². The van der Waals surface area contributed by atoms with Crippen LogP contribution in [0.4, 0.5) is 0 Å². The lowest BCUT2D eigenvalue weighted by Gasteiger charge is -2.03. The molecule has 0 aliphatic heterocycles. The molecule has 1 rings (SSSR count). The molecule has 0 unspecified atom stereocenters. The number of nitrogens with zero attached hydrogens (tertiary/aromatic N) is 1. The predicted molar refractivity (Wildman–Crippen MR) is 69.6 cm³/mol. The van der Waals surface area contributed by atoms with Crippen LogP contribution in [0.2, 0.25) is 5.02 Å². The van der Waals surface area contributed by atoms with Crippen LogP contribution >= 0.6 is 11.6 Å². The highest BCUT2D eigenvalue weighted by Gasteiger charge is 2.23. The maximum atomic E-state index is 11.4. The van der Waals surface area contributed by atoms with Crippen LogP contribution in [0, 0.1) is 10.1 Å². The maximum Gasteiger partial charge on any atom is 0.409 e. The van der Waals surface area contributed by atoms with Crippen molar-refractivity contribution in [2.24, 2.45) is 0 Å². The number of benzene rings is 1. The van der Waals surface area contributed by atoms with Gasteiger partial charge in [0.15, 0.2) is 0 Å². The van der Waals surface area contributed by atoms with E-state index >= 15 is 0 Å². The number of hydrogen-bond donors (Lipinski definition) is 0. The summed E-state index contributed by atoms with van der Waals surface area (Å²) in [7, 11) is 1.47. The summed E-state index contributed by atoms with van der Waals surface area (Å²) in [5.74, 6) is -0.486. The van der Waals surface area contributed by atoms with Crippen LogP contribution in [-0.2, 0) is 9.53 Å². The first-order chi connectivity index (χ1) is 8.99. The number of halogens is 1. The Morgan fingerprint density at radius 2 is 2.21 bits per heavy atom. The molecule has 1 aromatic carbocycles. The van der Waals surface area contributed by atoms with Crippen molar-refractivity contribution in [2.75, 3.05) is 13.7 Å². The van der Waals surface area contributed by atoms with Crippen LogP contribution in [0.15, 0.2) is 23.9 Å². The van der Waals surface area contributed by atoms with Crippen molar-refractivity contribution in [1.82, 2.24) is 0 Å². The first-order valence-corrected chi connectivity index (χ1v) is 5.74. The molecule has 102 valence electrons. The monoisotopic (exact) mass is 285 g/mol. The van der Waals surface area contributed by atoms with Crippen LogP contribution < -0.4 is 4.74 Å². The Bertz CT molecular complexity index is 527. The molecule has 0 heterocycles. The summed E-state index contributed by atoms with van der Waals surface area (Å²) < 4.78 is 9.56. The number of ether oxygens (including phenoxy) is 2. The van der Waals surface area contributed by atoms with E-state index in [0.717, 1.165) is 6.08 Å².